The van der Waals surface area contributed by atoms with Crippen LogP contribution in [-0.2, 0) is 10.8 Å². The van der Waals surface area contributed by atoms with Crippen molar-refractivity contribution in [3.63, 3.8) is 0 Å². The smallest absolute Gasteiger partial charge is 0.0589 e. The van der Waals surface area contributed by atoms with Gasteiger partial charge in [0, 0.05) is 16.8 Å². The van der Waals surface area contributed by atoms with Gasteiger partial charge in [0.25, 0.3) is 0 Å². The fourth-order valence-corrected chi connectivity index (χ4v) is 3.01. The maximum Gasteiger partial charge on any atom is 0.0589 e. The summed E-state index contributed by atoms with van der Waals surface area (Å²) in [6.45, 7) is 1.96. The molecule has 0 radical (unpaired) electrons. The third-order valence-electron chi connectivity index (χ3n) is 2.03. The second kappa shape index (κ2) is 5.85. The zero-order valence-corrected chi connectivity index (χ0v) is 10.7. The number of halogens is 2. The summed E-state index contributed by atoms with van der Waals surface area (Å²) >= 11 is 11.7. The van der Waals surface area contributed by atoms with E-state index in [-0.39, 0.29) is 6.04 Å². The Labute approximate surface area is 102 Å². The lowest BCUT2D eigenvalue weighted by Crippen LogP contribution is -2.26. The van der Waals surface area contributed by atoms with Crippen molar-refractivity contribution in [1.29, 1.82) is 0 Å². The largest absolute Gasteiger partial charge is 0.327 e. The Kier molecular flexibility index (Phi) is 5.06. The molecule has 1 aromatic rings. The highest BCUT2D eigenvalue weighted by Gasteiger charge is 2.12. The fourth-order valence-electron chi connectivity index (χ4n) is 1.05. The highest BCUT2D eigenvalue weighted by Crippen LogP contribution is 2.24. The van der Waals surface area contributed by atoms with Crippen LogP contribution in [0.25, 0.3) is 0 Å². The molecule has 0 bridgehead atoms. The summed E-state index contributed by atoms with van der Waals surface area (Å²) in [5.74, 6) is 0.413. The Balaban J connectivity index is 2.86. The van der Waals surface area contributed by atoms with Crippen LogP contribution >= 0.6 is 23.2 Å². The summed E-state index contributed by atoms with van der Waals surface area (Å²) in [6, 6.07) is 4.88. The van der Waals surface area contributed by atoms with Gasteiger partial charge in [-0.1, -0.05) is 30.1 Å². The van der Waals surface area contributed by atoms with Crippen LogP contribution in [0.4, 0.5) is 0 Å². The van der Waals surface area contributed by atoms with Crippen LogP contribution < -0.4 is 5.73 Å². The summed E-state index contributed by atoms with van der Waals surface area (Å²) < 4.78 is 11.9. The minimum Gasteiger partial charge on any atom is -0.327 e. The van der Waals surface area contributed by atoms with Crippen LogP contribution in [0, 0.1) is 0 Å². The Morgan fingerprint density at radius 1 is 1.47 bits per heavy atom. The standard InChI is InChI=1S/C10H13Cl2NOS/c1-2-8(13)6-15(14)10-5-7(11)3-4-9(10)12/h3-5,8H,2,6,13H2,1H3. The van der Waals surface area contributed by atoms with Gasteiger partial charge in [-0.3, -0.25) is 4.21 Å². The molecule has 15 heavy (non-hydrogen) atoms. The molecule has 0 saturated carbocycles. The third kappa shape index (κ3) is 3.76. The predicted octanol–water partition coefficient (Wildman–Crippen LogP) is 2.84. The molecule has 2 unspecified atom stereocenters. The summed E-state index contributed by atoms with van der Waals surface area (Å²) in [5.41, 5.74) is 5.73. The molecule has 2 atom stereocenters. The van der Waals surface area contributed by atoms with Crippen molar-refractivity contribution < 1.29 is 4.21 Å². The van der Waals surface area contributed by atoms with E-state index in [1.54, 1.807) is 18.2 Å². The van der Waals surface area contributed by atoms with E-state index in [2.05, 4.69) is 0 Å². The van der Waals surface area contributed by atoms with Gasteiger partial charge in [0.1, 0.15) is 0 Å². The van der Waals surface area contributed by atoms with Crippen LogP contribution in [-0.4, -0.2) is 16.0 Å². The first-order chi connectivity index (χ1) is 7.04. The molecule has 0 aliphatic carbocycles. The maximum absolute atomic E-state index is 11.9. The van der Waals surface area contributed by atoms with Crippen LogP contribution in [0.1, 0.15) is 13.3 Å². The molecule has 84 valence electrons. The van der Waals surface area contributed by atoms with Gasteiger partial charge in [0.05, 0.1) is 20.7 Å². The van der Waals surface area contributed by atoms with E-state index in [4.69, 9.17) is 28.9 Å². The minimum absolute atomic E-state index is 0.0686. The Morgan fingerprint density at radius 2 is 2.13 bits per heavy atom. The highest BCUT2D eigenvalue weighted by atomic mass is 35.5. The second-order valence-electron chi connectivity index (χ2n) is 3.26. The van der Waals surface area contributed by atoms with Gasteiger partial charge in [-0.2, -0.15) is 0 Å². The zero-order chi connectivity index (χ0) is 11.4. The average molecular weight is 266 g/mol. The molecular weight excluding hydrogens is 253 g/mol. The molecule has 0 heterocycles. The van der Waals surface area contributed by atoms with Gasteiger partial charge in [-0.05, 0) is 24.6 Å². The van der Waals surface area contributed by atoms with Crippen LogP contribution in [0.3, 0.4) is 0 Å². The zero-order valence-electron chi connectivity index (χ0n) is 8.37. The predicted molar refractivity (Wildman–Crippen MR) is 66.0 cm³/mol. The van der Waals surface area contributed by atoms with E-state index in [1.807, 2.05) is 6.92 Å². The van der Waals surface area contributed by atoms with E-state index in [1.165, 1.54) is 0 Å². The number of hydrogen-bond donors (Lipinski definition) is 1. The van der Waals surface area contributed by atoms with Crippen molar-refractivity contribution >= 4 is 34.0 Å². The number of benzene rings is 1. The van der Waals surface area contributed by atoms with Crippen molar-refractivity contribution in [3.05, 3.63) is 28.2 Å². The summed E-state index contributed by atoms with van der Waals surface area (Å²) in [6.07, 6.45) is 0.796. The quantitative estimate of drug-likeness (QED) is 0.910. The molecule has 0 saturated heterocycles. The highest BCUT2D eigenvalue weighted by molar-refractivity contribution is 7.85. The Hall–Kier alpha value is -0.0900. The maximum atomic E-state index is 11.9. The fraction of sp³-hybridized carbons (Fsp3) is 0.400. The normalized spacial score (nSPS) is 14.9. The third-order valence-corrected chi connectivity index (χ3v) is 4.26. The van der Waals surface area contributed by atoms with Gasteiger partial charge >= 0.3 is 0 Å². The molecular formula is C10H13Cl2NOS. The number of nitrogens with two attached hydrogens (primary N) is 1. The molecule has 5 heteroatoms. The molecule has 0 amide bonds. The van der Waals surface area contributed by atoms with Gasteiger partial charge in [-0.15, -0.1) is 0 Å². The molecule has 0 spiro atoms. The lowest BCUT2D eigenvalue weighted by molar-refractivity contribution is 0.663. The van der Waals surface area contributed by atoms with Gasteiger partial charge in [-0.25, -0.2) is 0 Å². The summed E-state index contributed by atoms with van der Waals surface area (Å²) in [4.78, 5) is 0.563. The van der Waals surface area contributed by atoms with Gasteiger partial charge < -0.3 is 5.73 Å². The molecule has 0 fully saturated rings. The van der Waals surface area contributed by atoms with Gasteiger partial charge in [0.15, 0.2) is 0 Å². The molecule has 0 aliphatic rings. The SMILES string of the molecule is CCC(N)CS(=O)c1cc(Cl)ccc1Cl. The molecule has 1 aromatic carbocycles. The molecule has 1 rings (SSSR count). The first kappa shape index (κ1) is 13.0. The minimum atomic E-state index is -1.18. The van der Waals surface area contributed by atoms with Crippen LogP contribution in [0.15, 0.2) is 23.1 Å². The van der Waals surface area contributed by atoms with Crippen molar-refractivity contribution in [2.24, 2.45) is 5.73 Å². The second-order valence-corrected chi connectivity index (χ2v) is 5.56. The van der Waals surface area contributed by atoms with E-state index >= 15 is 0 Å². The van der Waals surface area contributed by atoms with Crippen molar-refractivity contribution in [2.75, 3.05) is 5.75 Å². The van der Waals surface area contributed by atoms with E-state index < -0.39 is 10.8 Å². The van der Waals surface area contributed by atoms with Gasteiger partial charge in [0.2, 0.25) is 0 Å². The first-order valence-corrected chi connectivity index (χ1v) is 6.71. The van der Waals surface area contributed by atoms with E-state index in [9.17, 15) is 4.21 Å². The summed E-state index contributed by atoms with van der Waals surface area (Å²) in [5, 5.41) is 1.01. The average Bonchev–Trinajstić information content (AvgIpc) is 2.21. The monoisotopic (exact) mass is 265 g/mol. The van der Waals surface area contributed by atoms with E-state index in [0.29, 0.717) is 20.7 Å². The van der Waals surface area contributed by atoms with Crippen molar-refractivity contribution in [1.82, 2.24) is 0 Å². The van der Waals surface area contributed by atoms with E-state index in [0.717, 1.165) is 6.42 Å². The number of hydrogen-bond acceptors (Lipinski definition) is 2. The molecule has 2 N–H and O–H groups in total. The van der Waals surface area contributed by atoms with Crippen molar-refractivity contribution in [3.8, 4) is 0 Å². The van der Waals surface area contributed by atoms with Crippen molar-refractivity contribution in [2.45, 2.75) is 24.3 Å². The topological polar surface area (TPSA) is 43.1 Å². The first-order valence-electron chi connectivity index (χ1n) is 4.63. The number of rotatable bonds is 4. The van der Waals surface area contributed by atoms with Crippen LogP contribution in [0.5, 0.6) is 0 Å². The lowest BCUT2D eigenvalue weighted by atomic mass is 10.3. The molecule has 2 nitrogen and oxygen atoms in total. The van der Waals surface area contributed by atoms with Crippen LogP contribution in [0.2, 0.25) is 10.0 Å². The Morgan fingerprint density at radius 3 is 2.73 bits per heavy atom. The lowest BCUT2D eigenvalue weighted by Gasteiger charge is -2.09. The summed E-state index contributed by atoms with van der Waals surface area (Å²) in [7, 11) is -1.18. The molecule has 0 aliphatic heterocycles. The Bertz CT molecular complexity index is 370. The molecule has 0 aromatic heterocycles.